The molecule has 3 rings (SSSR count). The van der Waals surface area contributed by atoms with Crippen LogP contribution in [0.1, 0.15) is 29.0 Å². The summed E-state index contributed by atoms with van der Waals surface area (Å²) in [7, 11) is 0. The summed E-state index contributed by atoms with van der Waals surface area (Å²) < 4.78 is 5.46. The molecule has 1 aliphatic rings. The van der Waals surface area contributed by atoms with Gasteiger partial charge in [-0.2, -0.15) is 0 Å². The quantitative estimate of drug-likeness (QED) is 0.837. The number of rotatable bonds is 4. The summed E-state index contributed by atoms with van der Waals surface area (Å²) in [6.45, 7) is 3.87. The van der Waals surface area contributed by atoms with E-state index in [1.807, 2.05) is 48.7 Å². The molecule has 2 N–H and O–H groups in total. The molecule has 0 bridgehead atoms. The van der Waals surface area contributed by atoms with Crippen LogP contribution in [0.4, 0.5) is 4.79 Å². The Bertz CT molecular complexity index is 796. The smallest absolute Gasteiger partial charge is 0.338 e. The minimum absolute atomic E-state index is 0.195. The first-order valence-electron chi connectivity index (χ1n) is 7.59. The molecular formula is C18H18N2O3S. The van der Waals surface area contributed by atoms with Crippen molar-refractivity contribution < 1.29 is 14.3 Å². The number of aryl methyl sites for hydroxylation is 1. The first-order valence-corrected chi connectivity index (χ1v) is 8.47. The molecule has 124 valence electrons. The molecule has 2 amide bonds. The van der Waals surface area contributed by atoms with Crippen LogP contribution < -0.4 is 10.6 Å². The van der Waals surface area contributed by atoms with Crippen molar-refractivity contribution in [3.8, 4) is 0 Å². The lowest BCUT2D eigenvalue weighted by atomic mass is 9.99. The maximum Gasteiger partial charge on any atom is 0.338 e. The van der Waals surface area contributed by atoms with E-state index in [9.17, 15) is 9.59 Å². The largest absolute Gasteiger partial charge is 0.457 e. The molecule has 0 spiro atoms. The summed E-state index contributed by atoms with van der Waals surface area (Å²) in [6, 6.07) is 10.7. The molecule has 1 atom stereocenters. The van der Waals surface area contributed by atoms with Crippen LogP contribution in [0.5, 0.6) is 0 Å². The molecule has 1 aromatic carbocycles. The maximum absolute atomic E-state index is 12.6. The van der Waals surface area contributed by atoms with E-state index >= 15 is 0 Å². The van der Waals surface area contributed by atoms with E-state index in [1.165, 1.54) is 11.3 Å². The van der Waals surface area contributed by atoms with Crippen LogP contribution in [0.3, 0.4) is 0 Å². The Morgan fingerprint density at radius 3 is 2.62 bits per heavy atom. The van der Waals surface area contributed by atoms with E-state index in [-0.39, 0.29) is 12.6 Å². The highest BCUT2D eigenvalue weighted by Gasteiger charge is 2.33. The van der Waals surface area contributed by atoms with Gasteiger partial charge < -0.3 is 15.4 Å². The highest BCUT2D eigenvalue weighted by atomic mass is 32.1. The fraction of sp³-hybridized carbons (Fsp3) is 0.222. The number of hydrogen-bond donors (Lipinski definition) is 2. The Morgan fingerprint density at radius 1 is 1.21 bits per heavy atom. The molecule has 1 aliphatic heterocycles. The highest BCUT2D eigenvalue weighted by Crippen LogP contribution is 2.33. The number of carbonyl (C=O) groups excluding carboxylic acids is 2. The third kappa shape index (κ3) is 3.33. The van der Waals surface area contributed by atoms with E-state index in [0.29, 0.717) is 11.3 Å². The Kier molecular flexibility index (Phi) is 4.66. The average molecular weight is 342 g/mol. The summed E-state index contributed by atoms with van der Waals surface area (Å²) in [4.78, 5) is 25.4. The predicted molar refractivity (Wildman–Crippen MR) is 92.4 cm³/mol. The number of esters is 1. The third-order valence-corrected chi connectivity index (χ3v) is 4.95. The van der Waals surface area contributed by atoms with E-state index in [0.717, 1.165) is 16.0 Å². The molecule has 5 nitrogen and oxygen atoms in total. The van der Waals surface area contributed by atoms with Gasteiger partial charge in [0, 0.05) is 10.6 Å². The van der Waals surface area contributed by atoms with Gasteiger partial charge in [-0.1, -0.05) is 30.3 Å². The van der Waals surface area contributed by atoms with Crippen LogP contribution >= 0.6 is 11.3 Å². The zero-order chi connectivity index (χ0) is 17.1. The monoisotopic (exact) mass is 342 g/mol. The zero-order valence-electron chi connectivity index (χ0n) is 13.5. The lowest BCUT2D eigenvalue weighted by molar-refractivity contribution is -0.140. The first-order chi connectivity index (χ1) is 11.6. The molecule has 0 saturated carbocycles. The summed E-state index contributed by atoms with van der Waals surface area (Å²) in [6.07, 6.45) is 0. The Labute approximate surface area is 144 Å². The number of amides is 2. The van der Waals surface area contributed by atoms with Crippen LogP contribution in [0, 0.1) is 6.92 Å². The Hall–Kier alpha value is -2.60. The van der Waals surface area contributed by atoms with Crippen molar-refractivity contribution in [2.45, 2.75) is 26.5 Å². The van der Waals surface area contributed by atoms with Gasteiger partial charge in [0.15, 0.2) is 0 Å². The molecule has 1 aromatic heterocycles. The molecule has 0 saturated heterocycles. The van der Waals surface area contributed by atoms with Crippen LogP contribution in [0.2, 0.25) is 0 Å². The summed E-state index contributed by atoms with van der Waals surface area (Å²) in [5, 5.41) is 7.42. The lowest BCUT2D eigenvalue weighted by Crippen LogP contribution is -2.45. The Morgan fingerprint density at radius 2 is 1.96 bits per heavy atom. The molecule has 0 unspecified atom stereocenters. The number of thiophene rings is 1. The molecule has 0 radical (unpaired) electrons. The second-order valence-corrected chi connectivity index (χ2v) is 6.55. The molecule has 6 heteroatoms. The van der Waals surface area contributed by atoms with Crippen LogP contribution in [-0.4, -0.2) is 12.0 Å². The fourth-order valence-corrected chi connectivity index (χ4v) is 3.63. The number of ether oxygens (including phenoxy) is 1. The van der Waals surface area contributed by atoms with Crippen molar-refractivity contribution >= 4 is 23.3 Å². The minimum Gasteiger partial charge on any atom is -0.457 e. The third-order valence-electron chi connectivity index (χ3n) is 3.87. The summed E-state index contributed by atoms with van der Waals surface area (Å²) in [5.74, 6) is -0.429. The highest BCUT2D eigenvalue weighted by molar-refractivity contribution is 7.10. The number of carbonyl (C=O) groups is 2. The van der Waals surface area contributed by atoms with Crippen LogP contribution in [-0.2, 0) is 16.1 Å². The normalized spacial score (nSPS) is 17.2. The number of urea groups is 1. The lowest BCUT2D eigenvalue weighted by Gasteiger charge is -2.27. The van der Waals surface area contributed by atoms with E-state index in [4.69, 9.17) is 4.74 Å². The van der Waals surface area contributed by atoms with Gasteiger partial charge in [-0.15, -0.1) is 11.3 Å². The van der Waals surface area contributed by atoms with Gasteiger partial charge in [-0.05, 0) is 36.4 Å². The summed E-state index contributed by atoms with van der Waals surface area (Å²) >= 11 is 1.51. The second kappa shape index (κ2) is 6.88. The molecule has 2 aromatic rings. The SMILES string of the molecule is CC1=C(C(=O)OCc2ccccc2)[C@@H](c2sccc2C)NC(=O)N1. The minimum atomic E-state index is -0.484. The van der Waals surface area contributed by atoms with Crippen molar-refractivity contribution in [1.29, 1.82) is 0 Å². The predicted octanol–water partition coefficient (Wildman–Crippen LogP) is 3.43. The van der Waals surface area contributed by atoms with Gasteiger partial charge in [0.1, 0.15) is 6.61 Å². The van der Waals surface area contributed by atoms with E-state index < -0.39 is 12.0 Å². The van der Waals surface area contributed by atoms with Crippen LogP contribution in [0.25, 0.3) is 0 Å². The fourth-order valence-electron chi connectivity index (χ4n) is 2.64. The van der Waals surface area contributed by atoms with Gasteiger partial charge in [-0.25, -0.2) is 9.59 Å². The summed E-state index contributed by atoms with van der Waals surface area (Å²) in [5.41, 5.74) is 2.92. The van der Waals surface area contributed by atoms with Crippen molar-refractivity contribution in [3.05, 3.63) is 69.1 Å². The van der Waals surface area contributed by atoms with Crippen molar-refractivity contribution in [1.82, 2.24) is 10.6 Å². The number of benzene rings is 1. The van der Waals surface area contributed by atoms with Crippen molar-refractivity contribution in [3.63, 3.8) is 0 Å². The topological polar surface area (TPSA) is 67.4 Å². The van der Waals surface area contributed by atoms with Crippen molar-refractivity contribution in [2.75, 3.05) is 0 Å². The number of allylic oxidation sites excluding steroid dienone is 1. The first kappa shape index (κ1) is 16.3. The molecule has 24 heavy (non-hydrogen) atoms. The molecular weight excluding hydrogens is 324 g/mol. The second-order valence-electron chi connectivity index (χ2n) is 5.60. The number of nitrogens with one attached hydrogen (secondary N) is 2. The van der Waals surface area contributed by atoms with Gasteiger partial charge in [-0.3, -0.25) is 0 Å². The molecule has 2 heterocycles. The standard InChI is InChI=1S/C18H18N2O3S/c1-11-8-9-24-16(11)15-14(12(2)19-18(22)20-15)17(21)23-10-13-6-4-3-5-7-13/h3-9,15H,10H2,1-2H3,(H2,19,20,22)/t15-/m0/s1. The van der Waals surface area contributed by atoms with Gasteiger partial charge >= 0.3 is 12.0 Å². The molecule has 0 aliphatic carbocycles. The maximum atomic E-state index is 12.6. The van der Waals surface area contributed by atoms with E-state index in [2.05, 4.69) is 10.6 Å². The molecule has 0 fully saturated rings. The van der Waals surface area contributed by atoms with Gasteiger partial charge in [0.25, 0.3) is 0 Å². The van der Waals surface area contributed by atoms with Gasteiger partial charge in [0.05, 0.1) is 11.6 Å². The van der Waals surface area contributed by atoms with Crippen LogP contribution in [0.15, 0.2) is 53.0 Å². The Balaban J connectivity index is 1.84. The zero-order valence-corrected chi connectivity index (χ0v) is 14.3. The van der Waals surface area contributed by atoms with Crippen molar-refractivity contribution in [2.24, 2.45) is 0 Å². The van der Waals surface area contributed by atoms with E-state index in [1.54, 1.807) is 6.92 Å². The van der Waals surface area contributed by atoms with Gasteiger partial charge in [0.2, 0.25) is 0 Å². The average Bonchev–Trinajstić information content (AvgIpc) is 2.99. The number of hydrogen-bond acceptors (Lipinski definition) is 4.